The van der Waals surface area contributed by atoms with E-state index in [0.717, 1.165) is 49.4 Å². The molecule has 0 bridgehead atoms. The third-order valence-corrected chi connectivity index (χ3v) is 5.61. The van der Waals surface area contributed by atoms with Crippen LogP contribution in [0, 0.1) is 12.7 Å². The fraction of sp³-hybridized carbons (Fsp3) is 0.348. The van der Waals surface area contributed by atoms with E-state index in [2.05, 4.69) is 37.4 Å². The number of hydrogen-bond donors (Lipinski definition) is 1. The maximum absolute atomic E-state index is 14.2. The Morgan fingerprint density at radius 2 is 1.71 bits per heavy atom. The Hall–Kier alpha value is -3.42. The molecular formula is C23H28FN7. The van der Waals surface area contributed by atoms with Crippen LogP contribution in [0.25, 0.3) is 0 Å². The fourth-order valence-corrected chi connectivity index (χ4v) is 3.65. The number of aryl methyl sites for hydroxylation is 1. The van der Waals surface area contributed by atoms with Crippen molar-refractivity contribution in [2.24, 2.45) is 12.0 Å². The van der Waals surface area contributed by atoms with Gasteiger partial charge in [-0.25, -0.2) is 9.38 Å². The van der Waals surface area contributed by atoms with Crippen molar-refractivity contribution < 1.29 is 4.39 Å². The molecule has 0 radical (unpaired) electrons. The van der Waals surface area contributed by atoms with Crippen LogP contribution in [0.15, 0.2) is 59.6 Å². The van der Waals surface area contributed by atoms with Gasteiger partial charge in [-0.15, -0.1) is 10.2 Å². The van der Waals surface area contributed by atoms with E-state index in [4.69, 9.17) is 4.99 Å². The maximum Gasteiger partial charge on any atom is 0.194 e. The Labute approximate surface area is 182 Å². The molecule has 0 aliphatic carbocycles. The number of para-hydroxylation sites is 1. The molecule has 2 heterocycles. The topological polar surface area (TPSA) is 61.6 Å². The number of aliphatic imine (C=N–C) groups is 1. The van der Waals surface area contributed by atoms with Crippen LogP contribution in [0.1, 0.15) is 17.2 Å². The van der Waals surface area contributed by atoms with E-state index < -0.39 is 0 Å². The first-order valence-corrected chi connectivity index (χ1v) is 10.5. The molecule has 7 nitrogen and oxygen atoms in total. The summed E-state index contributed by atoms with van der Waals surface area (Å²) in [6, 6.07) is 17.1. The lowest BCUT2D eigenvalue weighted by molar-refractivity contribution is 0.369. The number of rotatable bonds is 5. The minimum Gasteiger partial charge on any atom is -0.366 e. The van der Waals surface area contributed by atoms with E-state index in [9.17, 15) is 4.39 Å². The zero-order valence-electron chi connectivity index (χ0n) is 18.0. The van der Waals surface area contributed by atoms with E-state index in [1.165, 1.54) is 6.07 Å². The van der Waals surface area contributed by atoms with Crippen molar-refractivity contribution in [3.05, 3.63) is 77.6 Å². The molecule has 1 aliphatic heterocycles. The first-order chi connectivity index (χ1) is 15.1. The summed E-state index contributed by atoms with van der Waals surface area (Å²) in [5.74, 6) is 2.38. The molecule has 0 saturated carbocycles. The summed E-state index contributed by atoms with van der Waals surface area (Å²) in [5.41, 5.74) is 1.81. The number of anilines is 1. The lowest BCUT2D eigenvalue weighted by atomic mass is 10.2. The van der Waals surface area contributed by atoms with Gasteiger partial charge in [0.2, 0.25) is 0 Å². The highest BCUT2D eigenvalue weighted by atomic mass is 19.1. The highest BCUT2D eigenvalue weighted by Gasteiger charge is 2.22. The summed E-state index contributed by atoms with van der Waals surface area (Å²) >= 11 is 0. The molecule has 2 aromatic carbocycles. The second-order valence-corrected chi connectivity index (χ2v) is 7.63. The Balaban J connectivity index is 1.46. The lowest BCUT2D eigenvalue weighted by Crippen LogP contribution is -2.52. The third kappa shape index (κ3) is 5.02. The average Bonchev–Trinajstić information content (AvgIpc) is 3.13. The highest BCUT2D eigenvalue weighted by molar-refractivity contribution is 5.80. The van der Waals surface area contributed by atoms with E-state index in [1.807, 2.05) is 48.9 Å². The largest absolute Gasteiger partial charge is 0.366 e. The van der Waals surface area contributed by atoms with E-state index >= 15 is 0 Å². The van der Waals surface area contributed by atoms with Crippen molar-refractivity contribution in [2.45, 2.75) is 20.0 Å². The van der Waals surface area contributed by atoms with Crippen molar-refractivity contribution >= 4 is 11.6 Å². The summed E-state index contributed by atoms with van der Waals surface area (Å²) in [6.07, 6.45) is 0. The third-order valence-electron chi connectivity index (χ3n) is 5.61. The minimum absolute atomic E-state index is 0.176. The molecule has 1 saturated heterocycles. The van der Waals surface area contributed by atoms with Gasteiger partial charge in [0.25, 0.3) is 0 Å². The van der Waals surface area contributed by atoms with Gasteiger partial charge in [-0.3, -0.25) is 0 Å². The van der Waals surface area contributed by atoms with Gasteiger partial charge in [0.15, 0.2) is 11.8 Å². The number of nitrogens with one attached hydrogen (secondary N) is 1. The molecule has 1 aromatic heterocycles. The molecule has 1 fully saturated rings. The molecule has 0 atom stereocenters. The SMILES string of the molecule is Cc1nnc(CNC(=NCc2ccccc2)N2CCN(c3ccccc3F)CC2)n1C. The monoisotopic (exact) mass is 421 g/mol. The molecule has 8 heteroatoms. The van der Waals surface area contributed by atoms with Crippen LogP contribution < -0.4 is 10.2 Å². The Bertz CT molecular complexity index is 1020. The van der Waals surface area contributed by atoms with Gasteiger partial charge < -0.3 is 19.7 Å². The number of benzene rings is 2. The van der Waals surface area contributed by atoms with Gasteiger partial charge >= 0.3 is 0 Å². The second-order valence-electron chi connectivity index (χ2n) is 7.63. The molecule has 31 heavy (non-hydrogen) atoms. The van der Waals surface area contributed by atoms with E-state index in [1.54, 1.807) is 6.07 Å². The molecule has 0 spiro atoms. The second kappa shape index (κ2) is 9.59. The van der Waals surface area contributed by atoms with Crippen molar-refractivity contribution in [2.75, 3.05) is 31.1 Å². The number of hydrogen-bond acceptors (Lipinski definition) is 4. The van der Waals surface area contributed by atoms with Crippen LogP contribution in [-0.4, -0.2) is 51.8 Å². The number of piperazine rings is 1. The number of aromatic nitrogens is 3. The Kier molecular flexibility index (Phi) is 6.45. The molecular weight excluding hydrogens is 393 g/mol. The standard InChI is InChI=1S/C23H28FN7/c1-18-27-28-22(29(18)2)17-26-23(25-16-19-8-4-3-5-9-19)31-14-12-30(13-15-31)21-11-7-6-10-20(21)24/h3-11H,12-17H2,1-2H3,(H,25,26). The normalized spacial score (nSPS) is 14.7. The van der Waals surface area contributed by atoms with Crippen molar-refractivity contribution in [3.8, 4) is 0 Å². The van der Waals surface area contributed by atoms with Crippen LogP contribution in [0.2, 0.25) is 0 Å². The summed E-state index contributed by atoms with van der Waals surface area (Å²) in [5, 5.41) is 11.8. The zero-order chi connectivity index (χ0) is 21.6. The smallest absolute Gasteiger partial charge is 0.194 e. The van der Waals surface area contributed by atoms with E-state index in [-0.39, 0.29) is 5.82 Å². The predicted molar refractivity (Wildman–Crippen MR) is 120 cm³/mol. The van der Waals surface area contributed by atoms with Gasteiger partial charge in [-0.1, -0.05) is 42.5 Å². The maximum atomic E-state index is 14.2. The van der Waals surface area contributed by atoms with Crippen molar-refractivity contribution in [1.29, 1.82) is 0 Å². The highest BCUT2D eigenvalue weighted by Crippen LogP contribution is 2.20. The van der Waals surface area contributed by atoms with Gasteiger partial charge in [-0.2, -0.15) is 0 Å². The van der Waals surface area contributed by atoms with Gasteiger partial charge in [0.1, 0.15) is 11.6 Å². The lowest BCUT2D eigenvalue weighted by Gasteiger charge is -2.37. The number of guanidine groups is 1. The van der Waals surface area contributed by atoms with Gasteiger partial charge in [0, 0.05) is 33.2 Å². The zero-order valence-corrected chi connectivity index (χ0v) is 18.0. The van der Waals surface area contributed by atoms with Crippen LogP contribution in [0.5, 0.6) is 0 Å². The van der Waals surface area contributed by atoms with Crippen LogP contribution in [-0.2, 0) is 20.1 Å². The number of halogens is 1. The summed E-state index contributed by atoms with van der Waals surface area (Å²) < 4.78 is 16.2. The first-order valence-electron chi connectivity index (χ1n) is 10.5. The molecule has 1 aliphatic rings. The van der Waals surface area contributed by atoms with Crippen LogP contribution >= 0.6 is 0 Å². The molecule has 0 amide bonds. The molecule has 4 rings (SSSR count). The molecule has 0 unspecified atom stereocenters. The fourth-order valence-electron chi connectivity index (χ4n) is 3.65. The predicted octanol–water partition coefficient (Wildman–Crippen LogP) is 2.73. The van der Waals surface area contributed by atoms with Gasteiger partial charge in [-0.05, 0) is 24.6 Å². The minimum atomic E-state index is -0.176. The molecule has 1 N–H and O–H groups in total. The number of nitrogens with zero attached hydrogens (tertiary/aromatic N) is 6. The molecule has 162 valence electrons. The van der Waals surface area contributed by atoms with Crippen molar-refractivity contribution in [3.63, 3.8) is 0 Å². The van der Waals surface area contributed by atoms with Gasteiger partial charge in [0.05, 0.1) is 18.8 Å². The Morgan fingerprint density at radius 1 is 1.00 bits per heavy atom. The average molecular weight is 422 g/mol. The summed E-state index contributed by atoms with van der Waals surface area (Å²) in [7, 11) is 1.96. The van der Waals surface area contributed by atoms with Crippen LogP contribution in [0.4, 0.5) is 10.1 Å². The van der Waals surface area contributed by atoms with Crippen LogP contribution in [0.3, 0.4) is 0 Å². The quantitative estimate of drug-likeness (QED) is 0.507. The molecule has 3 aromatic rings. The summed E-state index contributed by atoms with van der Waals surface area (Å²) in [6.45, 7) is 6.04. The van der Waals surface area contributed by atoms with E-state index in [0.29, 0.717) is 18.8 Å². The Morgan fingerprint density at radius 3 is 2.39 bits per heavy atom. The van der Waals surface area contributed by atoms with Crippen molar-refractivity contribution in [1.82, 2.24) is 25.0 Å². The first kappa shape index (κ1) is 20.8. The summed E-state index contributed by atoms with van der Waals surface area (Å²) in [4.78, 5) is 9.18.